The quantitative estimate of drug-likeness (QED) is 0.346. The van der Waals surface area contributed by atoms with Gasteiger partial charge in [0, 0.05) is 40.3 Å². The number of halogens is 1. The number of likely N-dealkylation sites (N-methyl/N-ethyl adjacent to an activating group) is 1. The average Bonchev–Trinajstić information content (AvgIpc) is 3.14. The number of nitrogens with zero attached hydrogens (tertiary/aromatic N) is 3. The lowest BCUT2D eigenvalue weighted by molar-refractivity contribution is -0.127. The fourth-order valence-corrected chi connectivity index (χ4v) is 3.47. The summed E-state index contributed by atoms with van der Waals surface area (Å²) in [6.07, 6.45) is 8.95. The smallest absolute Gasteiger partial charge is 0.243 e. The van der Waals surface area contributed by atoms with Crippen LogP contribution in [0.5, 0.6) is 0 Å². The maximum Gasteiger partial charge on any atom is 0.243 e. The Labute approximate surface area is 176 Å². The number of piperidine rings is 1. The van der Waals surface area contributed by atoms with Gasteiger partial charge in [-0.25, -0.2) is 4.99 Å². The second-order valence-electron chi connectivity index (χ2n) is 7.52. The van der Waals surface area contributed by atoms with E-state index >= 15 is 0 Å². The fourth-order valence-electron chi connectivity index (χ4n) is 3.47. The number of aliphatic imine (C=N–C) groups is 1. The van der Waals surface area contributed by atoms with Crippen LogP contribution in [0.4, 0.5) is 0 Å². The van der Waals surface area contributed by atoms with Crippen molar-refractivity contribution in [3.05, 3.63) is 0 Å². The summed E-state index contributed by atoms with van der Waals surface area (Å²) in [5.74, 6) is 1.69. The van der Waals surface area contributed by atoms with E-state index in [4.69, 9.17) is 4.74 Å². The summed E-state index contributed by atoms with van der Waals surface area (Å²) in [6, 6.07) is 0. The van der Waals surface area contributed by atoms with Crippen molar-refractivity contribution in [2.45, 2.75) is 58.0 Å². The van der Waals surface area contributed by atoms with Crippen LogP contribution in [0, 0.1) is 5.92 Å². The first-order valence-electron chi connectivity index (χ1n) is 9.95. The van der Waals surface area contributed by atoms with Crippen LogP contribution in [0.2, 0.25) is 0 Å². The van der Waals surface area contributed by atoms with E-state index in [0.29, 0.717) is 6.10 Å². The van der Waals surface area contributed by atoms with Gasteiger partial charge in [0.2, 0.25) is 5.91 Å². The van der Waals surface area contributed by atoms with E-state index < -0.39 is 0 Å². The maximum absolute atomic E-state index is 11.8. The van der Waals surface area contributed by atoms with Crippen molar-refractivity contribution < 1.29 is 9.53 Å². The zero-order chi connectivity index (χ0) is 18.1. The molecule has 1 amide bonds. The molecule has 0 aromatic heterocycles. The summed E-state index contributed by atoms with van der Waals surface area (Å²) in [6.45, 7) is 6.06. The molecule has 1 aliphatic carbocycles. The first kappa shape index (κ1) is 23.5. The van der Waals surface area contributed by atoms with Crippen LogP contribution in [0.1, 0.15) is 51.9 Å². The molecule has 7 heteroatoms. The fraction of sp³-hybridized carbons (Fsp3) is 0.895. The van der Waals surface area contributed by atoms with Crippen LogP contribution in [0.15, 0.2) is 4.99 Å². The van der Waals surface area contributed by atoms with Gasteiger partial charge < -0.3 is 19.9 Å². The topological polar surface area (TPSA) is 57.2 Å². The van der Waals surface area contributed by atoms with Crippen LogP contribution in [0.3, 0.4) is 0 Å². The third kappa shape index (κ3) is 7.98. The molecule has 0 radical (unpaired) electrons. The molecule has 1 N–H and O–H groups in total. The van der Waals surface area contributed by atoms with Crippen LogP contribution >= 0.6 is 24.0 Å². The highest BCUT2D eigenvalue weighted by Gasteiger charge is 2.24. The predicted molar refractivity (Wildman–Crippen MR) is 117 cm³/mol. The van der Waals surface area contributed by atoms with E-state index in [9.17, 15) is 4.79 Å². The van der Waals surface area contributed by atoms with E-state index in [-0.39, 0.29) is 36.4 Å². The second kappa shape index (κ2) is 12.8. The molecule has 152 valence electrons. The van der Waals surface area contributed by atoms with Gasteiger partial charge in [-0.3, -0.25) is 4.79 Å². The van der Waals surface area contributed by atoms with Crippen LogP contribution in [0.25, 0.3) is 0 Å². The molecule has 6 nitrogen and oxygen atoms in total. The lowest BCUT2D eigenvalue weighted by Crippen LogP contribution is -2.47. The molecule has 2 aliphatic rings. The summed E-state index contributed by atoms with van der Waals surface area (Å²) in [7, 11) is 3.54. The number of likely N-dealkylation sites (tertiary alicyclic amines) is 1. The molecular weight excluding hydrogens is 443 g/mol. The molecule has 26 heavy (non-hydrogen) atoms. The summed E-state index contributed by atoms with van der Waals surface area (Å²) in [5, 5.41) is 3.39. The lowest BCUT2D eigenvalue weighted by atomic mass is 10.1. The zero-order valence-corrected chi connectivity index (χ0v) is 19.0. The van der Waals surface area contributed by atoms with Gasteiger partial charge in [0.15, 0.2) is 5.96 Å². The number of ether oxygens (including phenoxy) is 1. The van der Waals surface area contributed by atoms with Crippen molar-refractivity contribution in [1.82, 2.24) is 15.1 Å². The minimum atomic E-state index is 0. The highest BCUT2D eigenvalue weighted by molar-refractivity contribution is 14.0. The van der Waals surface area contributed by atoms with Crippen LogP contribution < -0.4 is 5.32 Å². The number of nitrogens with one attached hydrogen (secondary N) is 1. The number of guanidine groups is 1. The molecular formula is C19H37IN4O2. The molecule has 1 heterocycles. The number of hydrogen-bond donors (Lipinski definition) is 1. The van der Waals surface area contributed by atoms with Gasteiger partial charge >= 0.3 is 0 Å². The Morgan fingerprint density at radius 2 is 1.85 bits per heavy atom. The zero-order valence-electron chi connectivity index (χ0n) is 16.7. The summed E-state index contributed by atoms with van der Waals surface area (Å²) in [4.78, 5) is 20.2. The number of rotatable bonds is 7. The Hall–Kier alpha value is -0.570. The van der Waals surface area contributed by atoms with Crippen molar-refractivity contribution >= 4 is 35.8 Å². The van der Waals surface area contributed by atoms with Crippen molar-refractivity contribution in [3.63, 3.8) is 0 Å². The molecule has 0 bridgehead atoms. The average molecular weight is 480 g/mol. The van der Waals surface area contributed by atoms with E-state index in [0.717, 1.165) is 57.4 Å². The second-order valence-corrected chi connectivity index (χ2v) is 7.52. The molecule has 2 fully saturated rings. The van der Waals surface area contributed by atoms with Gasteiger partial charge in [-0.15, -0.1) is 24.0 Å². The Kier molecular flexibility index (Phi) is 11.5. The minimum Gasteiger partial charge on any atom is -0.378 e. The lowest BCUT2D eigenvalue weighted by Gasteiger charge is -2.34. The number of carbonyl (C=O) groups excluding carboxylic acids is 1. The van der Waals surface area contributed by atoms with E-state index in [1.165, 1.54) is 25.7 Å². The first-order valence-corrected chi connectivity index (χ1v) is 9.95. The summed E-state index contributed by atoms with van der Waals surface area (Å²) in [5.41, 5.74) is 0. The Morgan fingerprint density at radius 3 is 2.42 bits per heavy atom. The largest absolute Gasteiger partial charge is 0.378 e. The van der Waals surface area contributed by atoms with Crippen molar-refractivity contribution in [1.29, 1.82) is 0 Å². The Balaban J connectivity index is 0.00000338. The highest BCUT2D eigenvalue weighted by atomic mass is 127. The number of amides is 1. The summed E-state index contributed by atoms with van der Waals surface area (Å²) < 4.78 is 6.16. The third-order valence-corrected chi connectivity index (χ3v) is 5.18. The monoisotopic (exact) mass is 480 g/mol. The molecule has 2 rings (SSSR count). The van der Waals surface area contributed by atoms with Crippen LogP contribution in [-0.4, -0.2) is 74.7 Å². The van der Waals surface area contributed by atoms with Gasteiger partial charge in [0.25, 0.3) is 0 Å². The van der Waals surface area contributed by atoms with Gasteiger partial charge in [-0.1, -0.05) is 19.8 Å². The Bertz CT molecular complexity index is 431. The van der Waals surface area contributed by atoms with Gasteiger partial charge in [-0.2, -0.15) is 0 Å². The van der Waals surface area contributed by atoms with E-state index in [1.54, 1.807) is 19.0 Å². The van der Waals surface area contributed by atoms with Crippen molar-refractivity contribution in [2.75, 3.05) is 46.9 Å². The third-order valence-electron chi connectivity index (χ3n) is 5.18. The van der Waals surface area contributed by atoms with Crippen molar-refractivity contribution in [3.8, 4) is 0 Å². The molecule has 0 aromatic carbocycles. The van der Waals surface area contributed by atoms with E-state index in [2.05, 4.69) is 22.1 Å². The van der Waals surface area contributed by atoms with Gasteiger partial charge in [0.1, 0.15) is 6.54 Å². The number of carbonyl (C=O) groups is 1. The highest BCUT2D eigenvalue weighted by Crippen LogP contribution is 2.26. The van der Waals surface area contributed by atoms with Crippen molar-refractivity contribution in [2.24, 2.45) is 10.9 Å². The van der Waals surface area contributed by atoms with Crippen LogP contribution in [-0.2, 0) is 9.53 Å². The minimum absolute atomic E-state index is 0. The normalized spacial score (nSPS) is 19.3. The Morgan fingerprint density at radius 1 is 1.19 bits per heavy atom. The molecule has 1 saturated carbocycles. The van der Waals surface area contributed by atoms with Gasteiger partial charge in [0.05, 0.1) is 6.10 Å². The molecule has 1 saturated heterocycles. The van der Waals surface area contributed by atoms with Gasteiger partial charge in [-0.05, 0) is 38.0 Å². The molecule has 1 aliphatic heterocycles. The molecule has 0 spiro atoms. The molecule has 0 aromatic rings. The standard InChI is InChI=1S/C19H36N4O2.HI/c1-4-11-20-19(21-14-18(24)22(2)3)23-12-9-17(10-13-23)25-15-16-7-5-6-8-16;/h16-17H,4-15H2,1-3H3,(H,20,21);1H. The maximum atomic E-state index is 11.8. The van der Waals surface area contributed by atoms with E-state index in [1.807, 2.05) is 0 Å². The summed E-state index contributed by atoms with van der Waals surface area (Å²) >= 11 is 0. The molecule has 0 atom stereocenters. The molecule has 0 unspecified atom stereocenters. The SMILES string of the molecule is CCCNC(=NCC(=O)N(C)C)N1CCC(OCC2CCCC2)CC1.I. The number of hydrogen-bond acceptors (Lipinski definition) is 3. The first-order chi connectivity index (χ1) is 12.1. The predicted octanol–water partition coefficient (Wildman–Crippen LogP) is 2.72.